The molecule has 0 saturated heterocycles. The van der Waals surface area contributed by atoms with E-state index in [2.05, 4.69) is 25.6 Å². The zero-order chi connectivity index (χ0) is 20.5. The molecule has 0 aliphatic carbocycles. The SMILES string of the molecule is CC(C)(CF)C(CC(=O)O)NC1=NC(c2c[nH]c3ncc(F)cc23)NC=C1F. The van der Waals surface area contributed by atoms with E-state index in [9.17, 15) is 18.0 Å². The second-order valence-electron chi connectivity index (χ2n) is 7.25. The zero-order valence-electron chi connectivity index (χ0n) is 15.3. The molecule has 0 aromatic carbocycles. The van der Waals surface area contributed by atoms with Crippen LogP contribution >= 0.6 is 0 Å². The average Bonchev–Trinajstić information content (AvgIpc) is 3.05. The van der Waals surface area contributed by atoms with E-state index in [0.717, 1.165) is 12.4 Å². The number of halogens is 3. The maximum atomic E-state index is 14.3. The van der Waals surface area contributed by atoms with Crippen LogP contribution in [0.4, 0.5) is 13.2 Å². The lowest BCUT2D eigenvalue weighted by Gasteiger charge is -2.33. The Bertz CT molecular complexity index is 954. The lowest BCUT2D eigenvalue weighted by molar-refractivity contribution is -0.138. The Balaban J connectivity index is 1.92. The molecule has 2 unspecified atom stereocenters. The van der Waals surface area contributed by atoms with Crippen LogP contribution in [0.5, 0.6) is 0 Å². The van der Waals surface area contributed by atoms with Crippen LogP contribution in [0.15, 0.2) is 35.5 Å². The number of aromatic amines is 1. The number of nitrogens with zero attached hydrogens (tertiary/aromatic N) is 2. The molecule has 2 aromatic rings. The Hall–Kier alpha value is -3.04. The van der Waals surface area contributed by atoms with Gasteiger partial charge in [-0.05, 0) is 6.07 Å². The van der Waals surface area contributed by atoms with Crippen LogP contribution in [-0.4, -0.2) is 39.6 Å². The summed E-state index contributed by atoms with van der Waals surface area (Å²) in [6, 6.07) is 0.390. The molecule has 7 nitrogen and oxygen atoms in total. The number of alkyl halides is 1. The number of H-pyrrole nitrogens is 1. The van der Waals surface area contributed by atoms with Gasteiger partial charge in [0.15, 0.2) is 11.7 Å². The summed E-state index contributed by atoms with van der Waals surface area (Å²) in [5.41, 5.74) is -0.0834. The number of hydrogen-bond donors (Lipinski definition) is 4. The summed E-state index contributed by atoms with van der Waals surface area (Å²) in [5.74, 6) is -2.62. The normalized spacial score (nSPS) is 18.2. The number of carboxylic acids is 1. The lowest BCUT2D eigenvalue weighted by atomic mass is 9.83. The van der Waals surface area contributed by atoms with Gasteiger partial charge < -0.3 is 20.7 Å². The highest BCUT2D eigenvalue weighted by atomic mass is 19.1. The molecule has 28 heavy (non-hydrogen) atoms. The molecule has 150 valence electrons. The van der Waals surface area contributed by atoms with Gasteiger partial charge >= 0.3 is 5.97 Å². The molecule has 4 N–H and O–H groups in total. The second kappa shape index (κ2) is 7.53. The molecular formula is C18H20F3N5O2. The minimum atomic E-state index is -1.15. The molecule has 3 heterocycles. The maximum absolute atomic E-state index is 14.3. The lowest BCUT2D eigenvalue weighted by Crippen LogP contribution is -2.48. The molecule has 0 bridgehead atoms. The fourth-order valence-corrected chi connectivity index (χ4v) is 2.89. The maximum Gasteiger partial charge on any atom is 0.305 e. The topological polar surface area (TPSA) is 102 Å². The third-order valence-electron chi connectivity index (χ3n) is 4.65. The monoisotopic (exact) mass is 395 g/mol. The number of amidine groups is 1. The van der Waals surface area contributed by atoms with E-state index in [1.807, 2.05) is 0 Å². The number of fused-ring (bicyclic) bond motifs is 1. The number of pyridine rings is 1. The molecule has 0 saturated carbocycles. The van der Waals surface area contributed by atoms with Crippen molar-refractivity contribution in [3.63, 3.8) is 0 Å². The van der Waals surface area contributed by atoms with Gasteiger partial charge in [-0.3, -0.25) is 9.18 Å². The molecule has 1 aliphatic rings. The fourth-order valence-electron chi connectivity index (χ4n) is 2.89. The van der Waals surface area contributed by atoms with Gasteiger partial charge in [-0.1, -0.05) is 13.8 Å². The molecule has 3 rings (SSSR count). The summed E-state index contributed by atoms with van der Waals surface area (Å²) < 4.78 is 41.3. The molecule has 0 fully saturated rings. The van der Waals surface area contributed by atoms with Crippen LogP contribution in [0, 0.1) is 11.2 Å². The standard InChI is InChI=1S/C18H20F3N5O2/c1-18(2,8-19)13(4-14(27)28)25-17-12(21)7-24-16(26-17)11-6-23-15-10(11)3-9(20)5-22-15/h3,5-7,13,16,24H,4,8H2,1-2H3,(H,22,23)(H,25,26)(H,27,28). The third kappa shape index (κ3) is 3.95. The molecule has 0 radical (unpaired) electrons. The van der Waals surface area contributed by atoms with E-state index in [-0.39, 0.29) is 5.84 Å². The van der Waals surface area contributed by atoms with Crippen LogP contribution in [0.1, 0.15) is 32.0 Å². The Labute approximate surface area is 158 Å². The van der Waals surface area contributed by atoms with E-state index in [4.69, 9.17) is 5.11 Å². The molecule has 0 amide bonds. The molecule has 2 atom stereocenters. The molecule has 2 aromatic heterocycles. The Morgan fingerprint density at radius 1 is 1.43 bits per heavy atom. The number of nitrogens with one attached hydrogen (secondary N) is 3. The molecule has 10 heteroatoms. The van der Waals surface area contributed by atoms with Crippen molar-refractivity contribution in [1.29, 1.82) is 0 Å². The van der Waals surface area contributed by atoms with Crippen molar-refractivity contribution < 1.29 is 23.1 Å². The zero-order valence-corrected chi connectivity index (χ0v) is 15.3. The van der Waals surface area contributed by atoms with E-state index < -0.39 is 48.3 Å². The van der Waals surface area contributed by atoms with Crippen molar-refractivity contribution >= 4 is 22.8 Å². The molecule has 1 aliphatic heterocycles. The van der Waals surface area contributed by atoms with Crippen LogP contribution in [0.3, 0.4) is 0 Å². The molecular weight excluding hydrogens is 375 g/mol. The highest BCUT2D eigenvalue weighted by Gasteiger charge is 2.34. The van der Waals surface area contributed by atoms with Crippen molar-refractivity contribution in [3.05, 3.63) is 41.9 Å². The van der Waals surface area contributed by atoms with Crippen LogP contribution in [-0.2, 0) is 4.79 Å². The van der Waals surface area contributed by atoms with Gasteiger partial charge in [0.05, 0.1) is 19.3 Å². The van der Waals surface area contributed by atoms with E-state index >= 15 is 0 Å². The minimum Gasteiger partial charge on any atom is -0.481 e. The van der Waals surface area contributed by atoms with Crippen LogP contribution < -0.4 is 10.6 Å². The summed E-state index contributed by atoms with van der Waals surface area (Å²) in [6.45, 7) is 2.29. The van der Waals surface area contributed by atoms with Crippen molar-refractivity contribution in [2.75, 3.05) is 6.67 Å². The van der Waals surface area contributed by atoms with Crippen molar-refractivity contribution in [2.24, 2.45) is 10.4 Å². The Morgan fingerprint density at radius 2 is 2.18 bits per heavy atom. The first-order valence-corrected chi connectivity index (χ1v) is 8.58. The average molecular weight is 395 g/mol. The smallest absolute Gasteiger partial charge is 0.305 e. The summed E-state index contributed by atoms with van der Waals surface area (Å²) in [6.07, 6.45) is 2.54. The van der Waals surface area contributed by atoms with Crippen molar-refractivity contribution in [2.45, 2.75) is 32.5 Å². The van der Waals surface area contributed by atoms with Gasteiger partial charge in [0.2, 0.25) is 0 Å². The minimum absolute atomic E-state index is 0.199. The van der Waals surface area contributed by atoms with Crippen LogP contribution in [0.2, 0.25) is 0 Å². The number of hydrogen-bond acceptors (Lipinski definition) is 5. The van der Waals surface area contributed by atoms with E-state index in [0.29, 0.717) is 16.6 Å². The fraction of sp³-hybridized carbons (Fsp3) is 0.389. The van der Waals surface area contributed by atoms with E-state index in [1.54, 1.807) is 20.0 Å². The quantitative estimate of drug-likeness (QED) is 0.602. The number of aromatic nitrogens is 2. The van der Waals surface area contributed by atoms with E-state index in [1.165, 1.54) is 6.07 Å². The van der Waals surface area contributed by atoms with Gasteiger partial charge in [0.25, 0.3) is 0 Å². The molecule has 0 spiro atoms. The number of aliphatic imine (C=N–C) groups is 1. The first-order chi connectivity index (χ1) is 13.2. The van der Waals surface area contributed by atoms with Gasteiger partial charge in [-0.15, -0.1) is 0 Å². The van der Waals surface area contributed by atoms with Crippen molar-refractivity contribution in [3.8, 4) is 0 Å². The summed E-state index contributed by atoms with van der Waals surface area (Å²) in [5, 5.41) is 15.1. The number of aliphatic carboxylic acids is 1. The first kappa shape index (κ1) is 19.7. The van der Waals surface area contributed by atoms with Gasteiger partial charge in [0.1, 0.15) is 17.6 Å². The predicted molar refractivity (Wildman–Crippen MR) is 97.5 cm³/mol. The number of carboxylic acid groups (broad SMARTS) is 1. The largest absolute Gasteiger partial charge is 0.481 e. The summed E-state index contributed by atoms with van der Waals surface area (Å²) >= 11 is 0. The summed E-state index contributed by atoms with van der Waals surface area (Å²) in [4.78, 5) is 22.2. The highest BCUT2D eigenvalue weighted by Crippen LogP contribution is 2.29. The van der Waals surface area contributed by atoms with Gasteiger partial charge in [-0.2, -0.15) is 0 Å². The van der Waals surface area contributed by atoms with Crippen molar-refractivity contribution in [1.82, 2.24) is 20.6 Å². The van der Waals surface area contributed by atoms with Gasteiger partial charge in [-0.25, -0.2) is 18.8 Å². The Kier molecular flexibility index (Phi) is 5.30. The number of rotatable bonds is 6. The summed E-state index contributed by atoms with van der Waals surface area (Å²) in [7, 11) is 0. The Morgan fingerprint density at radius 3 is 2.86 bits per heavy atom. The highest BCUT2D eigenvalue weighted by molar-refractivity contribution is 5.97. The first-order valence-electron chi connectivity index (χ1n) is 8.58. The van der Waals surface area contributed by atoms with Crippen LogP contribution in [0.25, 0.3) is 11.0 Å². The second-order valence-corrected chi connectivity index (χ2v) is 7.25. The van der Waals surface area contributed by atoms with Gasteiger partial charge in [0, 0.05) is 34.8 Å². The predicted octanol–water partition coefficient (Wildman–Crippen LogP) is 2.94. The third-order valence-corrected chi connectivity index (χ3v) is 4.65. The number of carbonyl (C=O) groups is 1.